The number of hydrogen-bond donors (Lipinski definition) is 2. The summed E-state index contributed by atoms with van der Waals surface area (Å²) in [5, 5.41) is 14.1. The summed E-state index contributed by atoms with van der Waals surface area (Å²) in [5.41, 5.74) is 6.75. The van der Waals surface area contributed by atoms with E-state index in [-0.39, 0.29) is 11.2 Å². The van der Waals surface area contributed by atoms with E-state index >= 15 is 0 Å². The number of benzene rings is 1. The molecule has 0 bridgehead atoms. The van der Waals surface area contributed by atoms with Gasteiger partial charge in [-0.2, -0.15) is 0 Å². The first-order valence-electron chi connectivity index (χ1n) is 5.98. The highest BCUT2D eigenvalue weighted by Crippen LogP contribution is 2.35. The van der Waals surface area contributed by atoms with Crippen LogP contribution in [0.15, 0.2) is 22.7 Å². The lowest BCUT2D eigenvalue weighted by atomic mass is 9.97. The first kappa shape index (κ1) is 13.3. The Labute approximate surface area is 114 Å². The molecule has 0 aliphatic heterocycles. The molecule has 1 aliphatic carbocycles. The van der Waals surface area contributed by atoms with Crippen LogP contribution in [0, 0.1) is 10.1 Å². The lowest BCUT2D eigenvalue weighted by Crippen LogP contribution is -2.42. The highest BCUT2D eigenvalue weighted by molar-refractivity contribution is 9.10. The molecule has 18 heavy (non-hydrogen) atoms. The largest absolute Gasteiger partial charge is 0.377 e. The number of nitro groups is 1. The van der Waals surface area contributed by atoms with Crippen molar-refractivity contribution in [3.05, 3.63) is 32.8 Å². The van der Waals surface area contributed by atoms with Gasteiger partial charge in [0.15, 0.2) is 0 Å². The summed E-state index contributed by atoms with van der Waals surface area (Å²) >= 11 is 3.37. The van der Waals surface area contributed by atoms with Crippen LogP contribution >= 0.6 is 15.9 Å². The van der Waals surface area contributed by atoms with E-state index in [4.69, 9.17) is 5.73 Å². The molecule has 0 radical (unpaired) electrons. The molecule has 0 saturated heterocycles. The quantitative estimate of drug-likeness (QED) is 0.661. The van der Waals surface area contributed by atoms with E-state index in [0.29, 0.717) is 11.0 Å². The number of rotatable bonds is 4. The number of halogens is 1. The van der Waals surface area contributed by atoms with E-state index in [1.165, 1.54) is 25.0 Å². The molecule has 0 atom stereocenters. The SMILES string of the molecule is NCC1(Nc2ccc([N+](=O)[O-])cc2Br)CCCC1. The van der Waals surface area contributed by atoms with Crippen LogP contribution in [0.5, 0.6) is 0 Å². The van der Waals surface area contributed by atoms with Gasteiger partial charge in [0.05, 0.1) is 4.92 Å². The maximum Gasteiger partial charge on any atom is 0.270 e. The average Bonchev–Trinajstić information content (AvgIpc) is 2.81. The molecule has 0 heterocycles. The molecule has 1 aliphatic rings. The van der Waals surface area contributed by atoms with Crippen molar-refractivity contribution in [1.82, 2.24) is 0 Å². The van der Waals surface area contributed by atoms with Crippen molar-refractivity contribution >= 4 is 27.3 Å². The summed E-state index contributed by atoms with van der Waals surface area (Å²) in [6, 6.07) is 4.76. The number of nitrogens with one attached hydrogen (secondary N) is 1. The highest BCUT2D eigenvalue weighted by Gasteiger charge is 2.32. The van der Waals surface area contributed by atoms with Gasteiger partial charge in [0, 0.05) is 34.4 Å². The second-order valence-corrected chi connectivity index (χ2v) is 5.59. The molecule has 1 saturated carbocycles. The molecule has 0 aromatic heterocycles. The third kappa shape index (κ3) is 2.64. The third-order valence-corrected chi connectivity index (χ3v) is 4.17. The molecule has 1 aromatic carbocycles. The lowest BCUT2D eigenvalue weighted by Gasteiger charge is -2.30. The predicted molar refractivity (Wildman–Crippen MR) is 74.7 cm³/mol. The molecule has 2 rings (SSSR count). The molecule has 0 spiro atoms. The molecular formula is C12H16BrN3O2. The minimum Gasteiger partial charge on any atom is -0.377 e. The Kier molecular flexibility index (Phi) is 3.87. The number of hydrogen-bond acceptors (Lipinski definition) is 4. The fraction of sp³-hybridized carbons (Fsp3) is 0.500. The number of non-ortho nitro benzene ring substituents is 1. The van der Waals surface area contributed by atoms with Crippen LogP contribution < -0.4 is 11.1 Å². The Morgan fingerprint density at radius 2 is 2.11 bits per heavy atom. The fourth-order valence-electron chi connectivity index (χ4n) is 2.44. The summed E-state index contributed by atoms with van der Waals surface area (Å²) in [4.78, 5) is 10.3. The minimum atomic E-state index is -0.400. The Hall–Kier alpha value is -1.14. The molecule has 6 heteroatoms. The maximum absolute atomic E-state index is 10.7. The molecule has 0 amide bonds. The summed E-state index contributed by atoms with van der Waals surface area (Å²) in [7, 11) is 0. The second-order valence-electron chi connectivity index (χ2n) is 4.74. The highest BCUT2D eigenvalue weighted by atomic mass is 79.9. The Morgan fingerprint density at radius 1 is 1.44 bits per heavy atom. The minimum absolute atomic E-state index is 0.0569. The molecule has 1 aromatic rings. The number of nitro benzene ring substituents is 1. The van der Waals surface area contributed by atoms with Crippen LogP contribution in [0.3, 0.4) is 0 Å². The summed E-state index contributed by atoms with van der Waals surface area (Å²) in [6.45, 7) is 0.580. The maximum atomic E-state index is 10.7. The van der Waals surface area contributed by atoms with Gasteiger partial charge in [-0.25, -0.2) is 0 Å². The molecule has 98 valence electrons. The summed E-state index contributed by atoms with van der Waals surface area (Å²) < 4.78 is 0.705. The van der Waals surface area contributed by atoms with Gasteiger partial charge in [0.25, 0.3) is 5.69 Å². The van der Waals surface area contributed by atoms with Gasteiger partial charge in [0.1, 0.15) is 0 Å². The number of nitrogens with zero attached hydrogens (tertiary/aromatic N) is 1. The van der Waals surface area contributed by atoms with E-state index in [1.54, 1.807) is 6.07 Å². The van der Waals surface area contributed by atoms with Crippen molar-refractivity contribution in [2.24, 2.45) is 5.73 Å². The first-order chi connectivity index (χ1) is 8.56. The number of nitrogens with two attached hydrogens (primary N) is 1. The van der Waals surface area contributed by atoms with Crippen molar-refractivity contribution in [3.63, 3.8) is 0 Å². The van der Waals surface area contributed by atoms with Crippen LogP contribution in [0.1, 0.15) is 25.7 Å². The van der Waals surface area contributed by atoms with E-state index in [0.717, 1.165) is 18.5 Å². The van der Waals surface area contributed by atoms with E-state index < -0.39 is 4.92 Å². The summed E-state index contributed by atoms with van der Waals surface area (Å²) in [6.07, 6.45) is 4.45. The van der Waals surface area contributed by atoms with E-state index in [1.807, 2.05) is 0 Å². The second kappa shape index (κ2) is 5.24. The summed E-state index contributed by atoms with van der Waals surface area (Å²) in [5.74, 6) is 0. The zero-order valence-electron chi connectivity index (χ0n) is 9.99. The zero-order chi connectivity index (χ0) is 13.2. The van der Waals surface area contributed by atoms with Crippen molar-refractivity contribution < 1.29 is 4.92 Å². The molecule has 0 unspecified atom stereocenters. The van der Waals surface area contributed by atoms with Gasteiger partial charge < -0.3 is 11.1 Å². The topological polar surface area (TPSA) is 81.2 Å². The van der Waals surface area contributed by atoms with Crippen molar-refractivity contribution in [2.45, 2.75) is 31.2 Å². The monoisotopic (exact) mass is 313 g/mol. The van der Waals surface area contributed by atoms with Crippen LogP contribution in [0.25, 0.3) is 0 Å². The molecule has 1 fully saturated rings. The molecular weight excluding hydrogens is 298 g/mol. The van der Waals surface area contributed by atoms with Crippen molar-refractivity contribution in [1.29, 1.82) is 0 Å². The molecule has 3 N–H and O–H groups in total. The third-order valence-electron chi connectivity index (χ3n) is 3.51. The van der Waals surface area contributed by atoms with Crippen molar-refractivity contribution in [2.75, 3.05) is 11.9 Å². The fourth-order valence-corrected chi connectivity index (χ4v) is 2.90. The van der Waals surface area contributed by atoms with Gasteiger partial charge in [-0.15, -0.1) is 0 Å². The standard InChI is InChI=1S/C12H16BrN3O2/c13-10-7-9(16(17)18)3-4-11(10)15-12(8-14)5-1-2-6-12/h3-4,7,15H,1-2,5-6,8,14H2. The smallest absolute Gasteiger partial charge is 0.270 e. The lowest BCUT2D eigenvalue weighted by molar-refractivity contribution is -0.384. The van der Waals surface area contributed by atoms with Gasteiger partial charge in [-0.1, -0.05) is 12.8 Å². The van der Waals surface area contributed by atoms with Gasteiger partial charge in [0.2, 0.25) is 0 Å². The number of anilines is 1. The Bertz CT molecular complexity index is 459. The van der Waals surface area contributed by atoms with Crippen LogP contribution in [0.4, 0.5) is 11.4 Å². The van der Waals surface area contributed by atoms with E-state index in [2.05, 4.69) is 21.2 Å². The van der Waals surface area contributed by atoms with Gasteiger partial charge in [-0.3, -0.25) is 10.1 Å². The van der Waals surface area contributed by atoms with E-state index in [9.17, 15) is 10.1 Å². The first-order valence-corrected chi connectivity index (χ1v) is 6.78. The van der Waals surface area contributed by atoms with Crippen LogP contribution in [-0.4, -0.2) is 17.0 Å². The van der Waals surface area contributed by atoms with Crippen molar-refractivity contribution in [3.8, 4) is 0 Å². The zero-order valence-corrected chi connectivity index (χ0v) is 11.6. The van der Waals surface area contributed by atoms with Gasteiger partial charge in [-0.05, 0) is 34.8 Å². The van der Waals surface area contributed by atoms with Crippen LogP contribution in [-0.2, 0) is 0 Å². The molecule has 5 nitrogen and oxygen atoms in total. The van der Waals surface area contributed by atoms with Gasteiger partial charge >= 0.3 is 0 Å². The Morgan fingerprint density at radius 3 is 2.61 bits per heavy atom. The van der Waals surface area contributed by atoms with Crippen LogP contribution in [0.2, 0.25) is 0 Å². The normalized spacial score (nSPS) is 17.7. The Balaban J connectivity index is 2.21. The average molecular weight is 314 g/mol. The predicted octanol–water partition coefficient (Wildman–Crippen LogP) is 3.04.